The molecule has 1 aromatic carbocycles. The van der Waals surface area contributed by atoms with Crippen molar-refractivity contribution in [1.29, 1.82) is 0 Å². The van der Waals surface area contributed by atoms with Crippen molar-refractivity contribution < 1.29 is 29.7 Å². The summed E-state index contributed by atoms with van der Waals surface area (Å²) in [7, 11) is 0. The molecule has 0 unspecified atom stereocenters. The van der Waals surface area contributed by atoms with Gasteiger partial charge in [0.05, 0.1) is 16.7 Å². The number of nitrogens with zero attached hydrogens (tertiary/aromatic N) is 1. The van der Waals surface area contributed by atoms with E-state index in [1.54, 1.807) is 0 Å². The van der Waals surface area contributed by atoms with E-state index in [-0.39, 0.29) is 28.1 Å². The van der Waals surface area contributed by atoms with Crippen LogP contribution < -0.4 is 0 Å². The van der Waals surface area contributed by atoms with E-state index in [1.165, 1.54) is 42.7 Å². The van der Waals surface area contributed by atoms with Gasteiger partial charge in [-0.1, -0.05) is 0 Å². The van der Waals surface area contributed by atoms with Crippen LogP contribution in [0.4, 0.5) is 0 Å². The van der Waals surface area contributed by atoms with Gasteiger partial charge in [0.2, 0.25) is 0 Å². The second-order valence-corrected chi connectivity index (χ2v) is 4.72. The monoisotopic (exact) mass is 303 g/mol. The lowest BCUT2D eigenvalue weighted by Crippen LogP contribution is -2.07. The number of benzene rings is 1. The largest absolute Gasteiger partial charge is 0.478 e. The summed E-state index contributed by atoms with van der Waals surface area (Å²) >= 11 is 0. The first-order chi connectivity index (χ1) is 10.3. The Morgan fingerprint density at radius 1 is 0.773 bits per heavy atom. The molecule has 0 aliphatic carbocycles. The maximum absolute atomic E-state index is 11.3. The zero-order valence-corrected chi connectivity index (χ0v) is 11.8. The highest BCUT2D eigenvalue weighted by molar-refractivity contribution is 6.04. The third-order valence-corrected chi connectivity index (χ3v) is 3.44. The predicted molar refractivity (Wildman–Crippen MR) is 76.1 cm³/mol. The molecule has 0 radical (unpaired) electrons. The van der Waals surface area contributed by atoms with Gasteiger partial charge in [0, 0.05) is 17.1 Å². The predicted octanol–water partition coefficient (Wildman–Crippen LogP) is 2.19. The second kappa shape index (κ2) is 5.36. The SMILES string of the molecule is Cc1c(C(=O)O)c(C(=O)O)c(C)n1-c1ccc(C(=O)O)cc1. The molecule has 0 atom stereocenters. The van der Waals surface area contributed by atoms with Crippen molar-refractivity contribution in [3.05, 3.63) is 52.3 Å². The van der Waals surface area contributed by atoms with E-state index < -0.39 is 17.9 Å². The molecule has 2 aromatic rings. The summed E-state index contributed by atoms with van der Waals surface area (Å²) < 4.78 is 1.48. The number of hydrogen-bond acceptors (Lipinski definition) is 3. The summed E-state index contributed by atoms with van der Waals surface area (Å²) in [5.41, 5.74) is 0.578. The standard InChI is InChI=1S/C15H13NO6/c1-7-11(14(19)20)12(15(21)22)8(2)16(7)10-5-3-9(4-6-10)13(17)18/h3-6H,1-2H3,(H,17,18)(H,19,20)(H,21,22). The Kier molecular flexibility index (Phi) is 3.73. The van der Waals surface area contributed by atoms with Crippen LogP contribution in [0.1, 0.15) is 42.5 Å². The molecule has 0 amide bonds. The van der Waals surface area contributed by atoms with Crippen LogP contribution in [-0.2, 0) is 0 Å². The fourth-order valence-corrected chi connectivity index (χ4v) is 2.50. The fraction of sp³-hybridized carbons (Fsp3) is 0.133. The topological polar surface area (TPSA) is 117 Å². The van der Waals surface area contributed by atoms with Crippen molar-refractivity contribution in [2.45, 2.75) is 13.8 Å². The Balaban J connectivity index is 2.71. The first-order valence-electron chi connectivity index (χ1n) is 6.28. The molecule has 3 N–H and O–H groups in total. The van der Waals surface area contributed by atoms with Gasteiger partial charge in [-0.25, -0.2) is 14.4 Å². The maximum atomic E-state index is 11.3. The first kappa shape index (κ1) is 15.3. The number of carboxylic acids is 3. The molecule has 22 heavy (non-hydrogen) atoms. The van der Waals surface area contributed by atoms with Crippen molar-refractivity contribution in [3.8, 4) is 5.69 Å². The van der Waals surface area contributed by atoms with Gasteiger partial charge in [-0.2, -0.15) is 0 Å². The van der Waals surface area contributed by atoms with Crippen LogP contribution in [-0.4, -0.2) is 37.8 Å². The molecular weight excluding hydrogens is 290 g/mol. The van der Waals surface area contributed by atoms with E-state index in [2.05, 4.69) is 0 Å². The molecule has 7 nitrogen and oxygen atoms in total. The molecule has 7 heteroatoms. The molecule has 0 aliphatic heterocycles. The average molecular weight is 303 g/mol. The van der Waals surface area contributed by atoms with Gasteiger partial charge in [-0.15, -0.1) is 0 Å². The van der Waals surface area contributed by atoms with E-state index in [0.717, 1.165) is 0 Å². The lowest BCUT2D eigenvalue weighted by molar-refractivity contribution is 0.0651. The number of aromatic nitrogens is 1. The van der Waals surface area contributed by atoms with Crippen LogP contribution in [0.3, 0.4) is 0 Å². The van der Waals surface area contributed by atoms with Crippen molar-refractivity contribution in [2.24, 2.45) is 0 Å². The highest BCUT2D eigenvalue weighted by Crippen LogP contribution is 2.26. The highest BCUT2D eigenvalue weighted by Gasteiger charge is 2.27. The van der Waals surface area contributed by atoms with Crippen molar-refractivity contribution in [2.75, 3.05) is 0 Å². The smallest absolute Gasteiger partial charge is 0.338 e. The van der Waals surface area contributed by atoms with E-state index in [9.17, 15) is 24.6 Å². The Labute approximate surface area is 125 Å². The van der Waals surface area contributed by atoms with E-state index >= 15 is 0 Å². The summed E-state index contributed by atoms with van der Waals surface area (Å²) in [6.45, 7) is 3.02. The van der Waals surface area contributed by atoms with Gasteiger partial charge < -0.3 is 19.9 Å². The Hall–Kier alpha value is -3.09. The summed E-state index contributed by atoms with van der Waals surface area (Å²) in [5, 5.41) is 27.4. The van der Waals surface area contributed by atoms with Crippen LogP contribution in [0.2, 0.25) is 0 Å². The fourth-order valence-electron chi connectivity index (χ4n) is 2.50. The van der Waals surface area contributed by atoms with Gasteiger partial charge in [0.15, 0.2) is 0 Å². The molecule has 0 aliphatic rings. The van der Waals surface area contributed by atoms with Gasteiger partial charge in [-0.05, 0) is 38.1 Å². The van der Waals surface area contributed by atoms with Crippen LogP contribution in [0.15, 0.2) is 24.3 Å². The van der Waals surface area contributed by atoms with E-state index in [0.29, 0.717) is 5.69 Å². The van der Waals surface area contributed by atoms with E-state index in [1.807, 2.05) is 0 Å². The Morgan fingerprint density at radius 3 is 1.50 bits per heavy atom. The van der Waals surface area contributed by atoms with Crippen LogP contribution in [0.25, 0.3) is 5.69 Å². The minimum atomic E-state index is -1.32. The zero-order valence-electron chi connectivity index (χ0n) is 11.8. The van der Waals surface area contributed by atoms with Crippen molar-refractivity contribution in [3.63, 3.8) is 0 Å². The van der Waals surface area contributed by atoms with Gasteiger partial charge in [-0.3, -0.25) is 0 Å². The normalized spacial score (nSPS) is 10.5. The minimum Gasteiger partial charge on any atom is -0.478 e. The van der Waals surface area contributed by atoms with Crippen LogP contribution >= 0.6 is 0 Å². The third kappa shape index (κ3) is 2.32. The molecule has 114 valence electrons. The second-order valence-electron chi connectivity index (χ2n) is 4.72. The molecule has 0 bridgehead atoms. The molecule has 0 saturated heterocycles. The Morgan fingerprint density at radius 2 is 1.18 bits per heavy atom. The number of rotatable bonds is 4. The van der Waals surface area contributed by atoms with Gasteiger partial charge in [0.25, 0.3) is 0 Å². The number of carbonyl (C=O) groups is 3. The molecule has 2 rings (SSSR count). The van der Waals surface area contributed by atoms with Crippen LogP contribution in [0, 0.1) is 13.8 Å². The summed E-state index contributed by atoms with van der Waals surface area (Å²) in [6.07, 6.45) is 0. The Bertz CT molecular complexity index is 748. The molecule has 0 spiro atoms. The molecule has 0 fully saturated rings. The quantitative estimate of drug-likeness (QED) is 0.797. The van der Waals surface area contributed by atoms with Crippen molar-refractivity contribution in [1.82, 2.24) is 4.57 Å². The first-order valence-corrected chi connectivity index (χ1v) is 6.28. The minimum absolute atomic E-state index is 0.0862. The molecule has 0 saturated carbocycles. The number of carboxylic acid groups (broad SMARTS) is 3. The lowest BCUT2D eigenvalue weighted by atomic mass is 10.1. The average Bonchev–Trinajstić information content (AvgIpc) is 2.70. The molecule has 1 aromatic heterocycles. The van der Waals surface area contributed by atoms with Gasteiger partial charge >= 0.3 is 17.9 Å². The van der Waals surface area contributed by atoms with Crippen LogP contribution in [0.5, 0.6) is 0 Å². The highest BCUT2D eigenvalue weighted by atomic mass is 16.4. The molecule has 1 heterocycles. The zero-order chi connectivity index (χ0) is 16.6. The number of hydrogen-bond donors (Lipinski definition) is 3. The molecular formula is C15H13NO6. The number of aromatic carboxylic acids is 3. The third-order valence-electron chi connectivity index (χ3n) is 3.44. The summed E-state index contributed by atoms with van der Waals surface area (Å²) in [4.78, 5) is 33.5. The van der Waals surface area contributed by atoms with E-state index in [4.69, 9.17) is 5.11 Å². The van der Waals surface area contributed by atoms with Crippen molar-refractivity contribution >= 4 is 17.9 Å². The maximum Gasteiger partial charge on any atom is 0.338 e. The van der Waals surface area contributed by atoms with Gasteiger partial charge in [0.1, 0.15) is 0 Å². The summed E-state index contributed by atoms with van der Waals surface area (Å²) in [5.74, 6) is -3.72. The lowest BCUT2D eigenvalue weighted by Gasteiger charge is -2.09. The summed E-state index contributed by atoms with van der Waals surface area (Å²) in [6, 6.07) is 5.75.